The Balaban J connectivity index is 2.99. The molecule has 0 saturated carbocycles. The summed E-state index contributed by atoms with van der Waals surface area (Å²) in [5.74, 6) is 0.827. The van der Waals surface area contributed by atoms with Crippen LogP contribution in [0.15, 0.2) is 12.2 Å². The average Bonchev–Trinajstić information content (AvgIpc) is 2.35. The third-order valence-corrected chi connectivity index (χ3v) is 3.41. The lowest BCUT2D eigenvalue weighted by atomic mass is 10.1. The Morgan fingerprint density at radius 1 is 0.647 bits per heavy atom. The molecule has 0 atom stereocenters. The van der Waals surface area contributed by atoms with Crippen LogP contribution >= 0.6 is 11.6 Å². The van der Waals surface area contributed by atoms with Crippen molar-refractivity contribution in [3.05, 3.63) is 12.2 Å². The van der Waals surface area contributed by atoms with E-state index in [9.17, 15) is 0 Å². The van der Waals surface area contributed by atoms with Gasteiger partial charge in [0.25, 0.3) is 0 Å². The van der Waals surface area contributed by atoms with Gasteiger partial charge in [-0.1, -0.05) is 64.0 Å². The molecule has 1 heteroatoms. The zero-order valence-corrected chi connectivity index (χ0v) is 12.5. The van der Waals surface area contributed by atoms with Crippen LogP contribution in [0, 0.1) is 0 Å². The minimum Gasteiger partial charge on any atom is -0.127 e. The molecule has 0 bridgehead atoms. The van der Waals surface area contributed by atoms with Gasteiger partial charge < -0.3 is 0 Å². The predicted octanol–water partition coefficient (Wildman–Crippen LogP) is 6.48. The van der Waals surface area contributed by atoms with Crippen LogP contribution in [-0.4, -0.2) is 5.88 Å². The van der Waals surface area contributed by atoms with E-state index in [-0.39, 0.29) is 0 Å². The van der Waals surface area contributed by atoms with Gasteiger partial charge in [-0.3, -0.25) is 0 Å². The molecule has 0 radical (unpaired) electrons. The molecule has 0 aromatic heterocycles. The zero-order chi connectivity index (χ0) is 12.6. The van der Waals surface area contributed by atoms with Gasteiger partial charge in [0.05, 0.1) is 0 Å². The Kier molecular flexibility index (Phi) is 16.1. The molecule has 0 aromatic rings. The number of hydrogen-bond donors (Lipinski definition) is 0. The molecule has 102 valence electrons. The monoisotopic (exact) mass is 258 g/mol. The summed E-state index contributed by atoms with van der Waals surface area (Å²) in [6.07, 6.45) is 20.9. The quantitative estimate of drug-likeness (QED) is 0.201. The van der Waals surface area contributed by atoms with E-state index in [2.05, 4.69) is 19.1 Å². The van der Waals surface area contributed by atoms with Gasteiger partial charge in [0.2, 0.25) is 0 Å². The highest BCUT2D eigenvalue weighted by Crippen LogP contribution is 2.08. The van der Waals surface area contributed by atoms with Crippen LogP contribution in [0.25, 0.3) is 0 Å². The van der Waals surface area contributed by atoms with Crippen LogP contribution in [0.1, 0.15) is 84.0 Å². The Morgan fingerprint density at radius 2 is 1.12 bits per heavy atom. The molecule has 0 nitrogen and oxygen atoms in total. The summed E-state index contributed by atoms with van der Waals surface area (Å²) >= 11 is 5.63. The van der Waals surface area contributed by atoms with Gasteiger partial charge in [-0.05, 0) is 32.1 Å². The van der Waals surface area contributed by atoms with E-state index in [4.69, 9.17) is 11.6 Å². The van der Waals surface area contributed by atoms with Crippen LogP contribution < -0.4 is 0 Å². The van der Waals surface area contributed by atoms with Crippen LogP contribution in [0.5, 0.6) is 0 Å². The molecule has 0 aliphatic carbocycles. The van der Waals surface area contributed by atoms with Gasteiger partial charge in [-0.25, -0.2) is 0 Å². The molecule has 0 aliphatic rings. The van der Waals surface area contributed by atoms with Crippen molar-refractivity contribution >= 4 is 11.6 Å². The van der Waals surface area contributed by atoms with Crippen LogP contribution in [0.4, 0.5) is 0 Å². The maximum absolute atomic E-state index is 5.63. The Morgan fingerprint density at radius 3 is 1.65 bits per heavy atom. The normalized spacial score (nSPS) is 11.4. The maximum atomic E-state index is 5.63. The van der Waals surface area contributed by atoms with Crippen LogP contribution in [0.3, 0.4) is 0 Å². The maximum Gasteiger partial charge on any atom is 0.0223 e. The molecule has 0 saturated heterocycles. The Hall–Kier alpha value is 0.0300. The van der Waals surface area contributed by atoms with Gasteiger partial charge in [0, 0.05) is 5.88 Å². The summed E-state index contributed by atoms with van der Waals surface area (Å²) in [6.45, 7) is 2.27. The molecule has 0 unspecified atom stereocenters. The number of allylic oxidation sites excluding steroid dienone is 2. The number of rotatable bonds is 13. The SMILES string of the molecule is CCCCCCCC/C=C\CCCCCCCl. The fourth-order valence-corrected chi connectivity index (χ4v) is 2.18. The number of hydrogen-bond acceptors (Lipinski definition) is 0. The van der Waals surface area contributed by atoms with E-state index in [1.165, 1.54) is 77.0 Å². The van der Waals surface area contributed by atoms with E-state index < -0.39 is 0 Å². The van der Waals surface area contributed by atoms with E-state index in [0.29, 0.717) is 0 Å². The third-order valence-electron chi connectivity index (χ3n) is 3.15. The first-order chi connectivity index (χ1) is 8.41. The second kappa shape index (κ2) is 16.0. The van der Waals surface area contributed by atoms with Crippen molar-refractivity contribution in [2.45, 2.75) is 84.0 Å². The Bertz CT molecular complexity index is 152. The van der Waals surface area contributed by atoms with Crippen molar-refractivity contribution in [1.82, 2.24) is 0 Å². The zero-order valence-electron chi connectivity index (χ0n) is 11.7. The van der Waals surface area contributed by atoms with Crippen LogP contribution in [0.2, 0.25) is 0 Å². The smallest absolute Gasteiger partial charge is 0.0223 e. The first-order valence-corrected chi connectivity index (χ1v) is 8.16. The number of halogens is 1. The molecule has 0 rings (SSSR count). The first kappa shape index (κ1) is 17.0. The second-order valence-corrected chi connectivity index (χ2v) is 5.30. The molecule has 0 N–H and O–H groups in total. The molecule has 0 aromatic carbocycles. The average molecular weight is 259 g/mol. The van der Waals surface area contributed by atoms with Crippen molar-refractivity contribution < 1.29 is 0 Å². The highest BCUT2D eigenvalue weighted by Gasteiger charge is 1.89. The minimum atomic E-state index is 0.827. The lowest BCUT2D eigenvalue weighted by Gasteiger charge is -1.98. The van der Waals surface area contributed by atoms with Crippen LogP contribution in [-0.2, 0) is 0 Å². The van der Waals surface area contributed by atoms with Crippen molar-refractivity contribution in [1.29, 1.82) is 0 Å². The molecule has 0 heterocycles. The standard InChI is InChI=1S/C16H31Cl/c1-2-3-4-5-6-7-8-9-10-11-12-13-14-15-16-17/h9-10H,2-8,11-16H2,1H3/b10-9-. The molecule has 0 amide bonds. The predicted molar refractivity (Wildman–Crippen MR) is 80.9 cm³/mol. The van der Waals surface area contributed by atoms with E-state index in [1.54, 1.807) is 0 Å². The van der Waals surface area contributed by atoms with Crippen molar-refractivity contribution in [2.24, 2.45) is 0 Å². The van der Waals surface area contributed by atoms with E-state index in [1.807, 2.05) is 0 Å². The van der Waals surface area contributed by atoms with Gasteiger partial charge in [0.15, 0.2) is 0 Å². The van der Waals surface area contributed by atoms with Crippen molar-refractivity contribution in [3.63, 3.8) is 0 Å². The summed E-state index contributed by atoms with van der Waals surface area (Å²) in [5.41, 5.74) is 0. The topological polar surface area (TPSA) is 0 Å². The van der Waals surface area contributed by atoms with Gasteiger partial charge in [-0.15, -0.1) is 11.6 Å². The third kappa shape index (κ3) is 16.0. The molecular weight excluding hydrogens is 228 g/mol. The van der Waals surface area contributed by atoms with E-state index in [0.717, 1.165) is 5.88 Å². The highest BCUT2D eigenvalue weighted by atomic mass is 35.5. The van der Waals surface area contributed by atoms with Crippen molar-refractivity contribution in [2.75, 3.05) is 5.88 Å². The largest absolute Gasteiger partial charge is 0.127 e. The summed E-state index contributed by atoms with van der Waals surface area (Å²) < 4.78 is 0. The number of alkyl halides is 1. The van der Waals surface area contributed by atoms with Gasteiger partial charge >= 0.3 is 0 Å². The molecule has 0 spiro atoms. The first-order valence-electron chi connectivity index (χ1n) is 7.62. The summed E-state index contributed by atoms with van der Waals surface area (Å²) in [6, 6.07) is 0. The molecule has 17 heavy (non-hydrogen) atoms. The highest BCUT2D eigenvalue weighted by molar-refractivity contribution is 6.17. The van der Waals surface area contributed by atoms with E-state index >= 15 is 0 Å². The lowest BCUT2D eigenvalue weighted by molar-refractivity contribution is 0.610. The van der Waals surface area contributed by atoms with Gasteiger partial charge in [0.1, 0.15) is 0 Å². The minimum absolute atomic E-state index is 0.827. The van der Waals surface area contributed by atoms with Crippen molar-refractivity contribution in [3.8, 4) is 0 Å². The molecule has 0 aliphatic heterocycles. The summed E-state index contributed by atoms with van der Waals surface area (Å²) in [5, 5.41) is 0. The summed E-state index contributed by atoms with van der Waals surface area (Å²) in [7, 11) is 0. The second-order valence-electron chi connectivity index (χ2n) is 4.92. The fraction of sp³-hybridized carbons (Fsp3) is 0.875. The Labute approximate surface area is 114 Å². The number of unbranched alkanes of at least 4 members (excludes halogenated alkanes) is 10. The fourth-order valence-electron chi connectivity index (χ4n) is 1.99. The summed E-state index contributed by atoms with van der Waals surface area (Å²) in [4.78, 5) is 0. The molecular formula is C16H31Cl. The lowest BCUT2D eigenvalue weighted by Crippen LogP contribution is -1.79. The van der Waals surface area contributed by atoms with Gasteiger partial charge in [-0.2, -0.15) is 0 Å². The molecule has 0 fully saturated rings.